The highest BCUT2D eigenvalue weighted by Crippen LogP contribution is 2.23. The lowest BCUT2D eigenvalue weighted by Crippen LogP contribution is -2.40. The van der Waals surface area contributed by atoms with Crippen molar-refractivity contribution in [2.75, 3.05) is 26.8 Å². The SMILES string of the molecule is COc1cc(=O)n(C)cc1C(=O)N1CCC(COc2cc(C)ncn2)CC1. The first kappa shape index (κ1) is 18.9. The van der Waals surface area contributed by atoms with Gasteiger partial charge in [-0.05, 0) is 25.7 Å². The number of rotatable bonds is 5. The van der Waals surface area contributed by atoms with E-state index in [1.54, 1.807) is 11.9 Å². The van der Waals surface area contributed by atoms with Crippen molar-refractivity contribution >= 4 is 5.91 Å². The molecule has 1 amide bonds. The highest BCUT2D eigenvalue weighted by molar-refractivity contribution is 5.96. The normalized spacial score (nSPS) is 14.9. The third-order valence-electron chi connectivity index (χ3n) is 4.79. The van der Waals surface area contributed by atoms with Crippen molar-refractivity contribution in [1.29, 1.82) is 0 Å². The number of pyridine rings is 1. The molecule has 0 radical (unpaired) electrons. The van der Waals surface area contributed by atoms with Crippen molar-refractivity contribution in [2.45, 2.75) is 19.8 Å². The van der Waals surface area contributed by atoms with Crippen LogP contribution < -0.4 is 15.0 Å². The summed E-state index contributed by atoms with van der Waals surface area (Å²) in [6.45, 7) is 3.75. The van der Waals surface area contributed by atoms with Crippen LogP contribution in [0.5, 0.6) is 11.6 Å². The molecule has 0 saturated carbocycles. The van der Waals surface area contributed by atoms with Crippen LogP contribution in [0.1, 0.15) is 28.9 Å². The van der Waals surface area contributed by atoms with Crippen molar-refractivity contribution in [2.24, 2.45) is 13.0 Å². The Bertz CT molecular complexity index is 872. The Morgan fingerprint density at radius 2 is 2.00 bits per heavy atom. The number of likely N-dealkylation sites (tertiary alicyclic amines) is 1. The van der Waals surface area contributed by atoms with Gasteiger partial charge in [0.05, 0.1) is 19.3 Å². The van der Waals surface area contributed by atoms with Gasteiger partial charge in [0.15, 0.2) is 0 Å². The van der Waals surface area contributed by atoms with E-state index < -0.39 is 0 Å². The predicted octanol–water partition coefficient (Wildman–Crippen LogP) is 1.42. The minimum absolute atomic E-state index is 0.117. The number of carbonyl (C=O) groups is 1. The lowest BCUT2D eigenvalue weighted by molar-refractivity contribution is 0.0655. The van der Waals surface area contributed by atoms with Crippen LogP contribution in [-0.4, -0.2) is 52.1 Å². The van der Waals surface area contributed by atoms with Gasteiger partial charge in [-0.25, -0.2) is 9.97 Å². The number of ether oxygens (including phenoxy) is 2. The van der Waals surface area contributed by atoms with Crippen LogP contribution in [0.3, 0.4) is 0 Å². The Morgan fingerprint density at radius 3 is 2.67 bits per heavy atom. The van der Waals surface area contributed by atoms with E-state index in [0.29, 0.717) is 42.8 Å². The molecule has 27 heavy (non-hydrogen) atoms. The molecule has 2 aromatic rings. The van der Waals surface area contributed by atoms with Crippen LogP contribution in [0.4, 0.5) is 0 Å². The summed E-state index contributed by atoms with van der Waals surface area (Å²) in [5.74, 6) is 1.14. The Kier molecular flexibility index (Phi) is 5.73. The molecule has 0 spiro atoms. The van der Waals surface area contributed by atoms with Crippen LogP contribution in [0.15, 0.2) is 29.5 Å². The number of piperidine rings is 1. The standard InChI is InChI=1S/C19H24N4O4/c1-13-8-17(21-12-20-13)27-11-14-4-6-23(7-5-14)19(25)15-10-22(2)18(24)9-16(15)26-3/h8-10,12,14H,4-7,11H2,1-3H3. The van der Waals surface area contributed by atoms with E-state index in [4.69, 9.17) is 9.47 Å². The molecular formula is C19H24N4O4. The van der Waals surface area contributed by atoms with Crippen LogP contribution in [-0.2, 0) is 7.05 Å². The molecule has 144 valence electrons. The first-order valence-corrected chi connectivity index (χ1v) is 8.93. The zero-order valence-corrected chi connectivity index (χ0v) is 15.8. The number of hydrogen-bond donors (Lipinski definition) is 0. The van der Waals surface area contributed by atoms with Gasteiger partial charge in [0.2, 0.25) is 5.88 Å². The molecule has 3 heterocycles. The molecule has 2 aromatic heterocycles. The number of aromatic nitrogens is 3. The Balaban J connectivity index is 1.58. The van der Waals surface area contributed by atoms with Gasteiger partial charge in [-0.15, -0.1) is 0 Å². The predicted molar refractivity (Wildman–Crippen MR) is 99.1 cm³/mol. The zero-order chi connectivity index (χ0) is 19.4. The summed E-state index contributed by atoms with van der Waals surface area (Å²) >= 11 is 0. The molecule has 0 N–H and O–H groups in total. The largest absolute Gasteiger partial charge is 0.496 e. The lowest BCUT2D eigenvalue weighted by atomic mass is 9.97. The molecule has 8 nitrogen and oxygen atoms in total. The van der Waals surface area contributed by atoms with E-state index in [1.807, 2.05) is 13.0 Å². The van der Waals surface area contributed by atoms with Crippen molar-refractivity contribution in [3.05, 3.63) is 46.3 Å². The minimum atomic E-state index is -0.209. The van der Waals surface area contributed by atoms with Crippen LogP contribution >= 0.6 is 0 Å². The van der Waals surface area contributed by atoms with E-state index >= 15 is 0 Å². The summed E-state index contributed by atoms with van der Waals surface area (Å²) in [5, 5.41) is 0. The molecule has 1 aliphatic rings. The fourth-order valence-electron chi connectivity index (χ4n) is 3.13. The average Bonchev–Trinajstić information content (AvgIpc) is 2.68. The van der Waals surface area contributed by atoms with Crippen LogP contribution in [0.2, 0.25) is 0 Å². The quantitative estimate of drug-likeness (QED) is 0.789. The molecule has 0 aromatic carbocycles. The molecule has 0 unspecified atom stereocenters. The van der Waals surface area contributed by atoms with Gasteiger partial charge >= 0.3 is 0 Å². The van der Waals surface area contributed by atoms with E-state index in [0.717, 1.165) is 18.5 Å². The summed E-state index contributed by atoms with van der Waals surface area (Å²) in [6.07, 6.45) is 4.73. The number of hydrogen-bond acceptors (Lipinski definition) is 6. The number of aryl methyl sites for hydroxylation is 2. The maximum absolute atomic E-state index is 12.8. The lowest BCUT2D eigenvalue weighted by Gasteiger charge is -2.32. The first-order chi connectivity index (χ1) is 13.0. The van der Waals surface area contributed by atoms with Crippen molar-refractivity contribution < 1.29 is 14.3 Å². The monoisotopic (exact) mass is 372 g/mol. The molecule has 1 saturated heterocycles. The summed E-state index contributed by atoms with van der Waals surface area (Å²) in [7, 11) is 3.08. The number of nitrogens with zero attached hydrogens (tertiary/aromatic N) is 4. The molecule has 3 rings (SSSR count). The first-order valence-electron chi connectivity index (χ1n) is 8.93. The molecule has 0 bridgehead atoms. The molecule has 0 aliphatic carbocycles. The summed E-state index contributed by atoms with van der Waals surface area (Å²) < 4.78 is 12.4. The summed E-state index contributed by atoms with van der Waals surface area (Å²) in [5.41, 5.74) is 1.07. The van der Waals surface area contributed by atoms with Crippen molar-refractivity contribution in [1.82, 2.24) is 19.4 Å². The number of amides is 1. The molecule has 1 aliphatic heterocycles. The minimum Gasteiger partial charge on any atom is -0.496 e. The van der Waals surface area contributed by atoms with E-state index in [1.165, 1.54) is 30.3 Å². The molecular weight excluding hydrogens is 348 g/mol. The smallest absolute Gasteiger partial charge is 0.259 e. The Labute approximate surface area is 157 Å². The van der Waals surface area contributed by atoms with Gasteiger partial charge in [-0.2, -0.15) is 0 Å². The van der Waals surface area contributed by atoms with Crippen molar-refractivity contribution in [3.63, 3.8) is 0 Å². The third kappa shape index (κ3) is 4.45. The second-order valence-electron chi connectivity index (χ2n) is 6.75. The van der Waals surface area contributed by atoms with E-state index in [2.05, 4.69) is 9.97 Å². The van der Waals surface area contributed by atoms with Gasteiger partial charge < -0.3 is 18.9 Å². The fraction of sp³-hybridized carbons (Fsp3) is 0.474. The third-order valence-corrected chi connectivity index (χ3v) is 4.79. The molecule has 0 atom stereocenters. The Morgan fingerprint density at radius 1 is 1.26 bits per heavy atom. The van der Waals surface area contributed by atoms with Gasteiger partial charge in [0, 0.05) is 44.2 Å². The average molecular weight is 372 g/mol. The highest BCUT2D eigenvalue weighted by atomic mass is 16.5. The summed E-state index contributed by atoms with van der Waals surface area (Å²) in [4.78, 5) is 34.5. The summed E-state index contributed by atoms with van der Waals surface area (Å²) in [6, 6.07) is 3.15. The maximum Gasteiger partial charge on any atom is 0.259 e. The second kappa shape index (κ2) is 8.20. The zero-order valence-electron chi connectivity index (χ0n) is 15.8. The van der Waals surface area contributed by atoms with Gasteiger partial charge in [-0.1, -0.05) is 0 Å². The van der Waals surface area contributed by atoms with Crippen LogP contribution in [0.25, 0.3) is 0 Å². The van der Waals surface area contributed by atoms with E-state index in [-0.39, 0.29) is 11.5 Å². The van der Waals surface area contributed by atoms with Crippen molar-refractivity contribution in [3.8, 4) is 11.6 Å². The van der Waals surface area contributed by atoms with Crippen LogP contribution in [0, 0.1) is 12.8 Å². The number of carbonyl (C=O) groups excluding carboxylic acids is 1. The molecule has 8 heteroatoms. The van der Waals surface area contributed by atoms with Gasteiger partial charge in [-0.3, -0.25) is 9.59 Å². The molecule has 1 fully saturated rings. The Hall–Kier alpha value is -2.90. The van der Waals surface area contributed by atoms with E-state index in [9.17, 15) is 9.59 Å². The van der Waals surface area contributed by atoms with Gasteiger partial charge in [0.1, 0.15) is 12.1 Å². The van der Waals surface area contributed by atoms with Gasteiger partial charge in [0.25, 0.3) is 11.5 Å². The highest BCUT2D eigenvalue weighted by Gasteiger charge is 2.26. The number of methoxy groups -OCH3 is 1. The maximum atomic E-state index is 12.8. The fourth-order valence-corrected chi connectivity index (χ4v) is 3.13. The second-order valence-corrected chi connectivity index (χ2v) is 6.75. The topological polar surface area (TPSA) is 86.5 Å².